The SMILES string of the molecule is N#CC(CC(=O)CC(C#N)c1ccccc1)c1ccccc1. The van der Waals surface area contributed by atoms with Crippen LogP contribution in [0.25, 0.3) is 0 Å². The third kappa shape index (κ3) is 4.04. The molecule has 0 amide bonds. The fraction of sp³-hybridized carbons (Fsp3) is 0.211. The fourth-order valence-corrected chi connectivity index (χ4v) is 2.39. The van der Waals surface area contributed by atoms with Crippen molar-refractivity contribution in [2.24, 2.45) is 0 Å². The van der Waals surface area contributed by atoms with Crippen molar-refractivity contribution in [2.45, 2.75) is 24.7 Å². The van der Waals surface area contributed by atoms with Gasteiger partial charge in [-0.05, 0) is 11.1 Å². The van der Waals surface area contributed by atoms with E-state index in [2.05, 4.69) is 12.1 Å². The normalized spacial score (nSPS) is 12.6. The van der Waals surface area contributed by atoms with Crippen LogP contribution in [0.15, 0.2) is 60.7 Å². The van der Waals surface area contributed by atoms with Crippen molar-refractivity contribution in [2.75, 3.05) is 0 Å². The maximum atomic E-state index is 12.2. The van der Waals surface area contributed by atoms with Crippen LogP contribution in [0.4, 0.5) is 0 Å². The molecule has 2 aromatic rings. The summed E-state index contributed by atoms with van der Waals surface area (Å²) in [5.74, 6) is -0.974. The van der Waals surface area contributed by atoms with Gasteiger partial charge in [0, 0.05) is 12.8 Å². The second-order valence-electron chi connectivity index (χ2n) is 5.13. The quantitative estimate of drug-likeness (QED) is 0.808. The van der Waals surface area contributed by atoms with Gasteiger partial charge in [-0.2, -0.15) is 10.5 Å². The molecule has 0 radical (unpaired) electrons. The topological polar surface area (TPSA) is 64.7 Å². The van der Waals surface area contributed by atoms with Crippen LogP contribution in [0.1, 0.15) is 35.8 Å². The zero-order valence-corrected chi connectivity index (χ0v) is 12.1. The van der Waals surface area contributed by atoms with Gasteiger partial charge in [0.05, 0.1) is 24.0 Å². The minimum Gasteiger partial charge on any atom is -0.300 e. The van der Waals surface area contributed by atoms with Crippen molar-refractivity contribution in [1.82, 2.24) is 0 Å². The summed E-state index contributed by atoms with van der Waals surface area (Å²) in [6.07, 6.45) is 0.289. The lowest BCUT2D eigenvalue weighted by molar-refractivity contribution is -0.119. The Kier molecular flexibility index (Phi) is 5.46. The molecule has 0 saturated heterocycles. The van der Waals surface area contributed by atoms with Gasteiger partial charge >= 0.3 is 0 Å². The number of Topliss-reactive ketones (excluding diaryl/α,β-unsaturated/α-hetero) is 1. The molecule has 2 unspecified atom stereocenters. The number of benzene rings is 2. The molecule has 0 fully saturated rings. The standard InChI is InChI=1S/C19H16N2O/c20-13-17(15-7-3-1-4-8-15)11-19(22)12-18(14-21)16-9-5-2-6-10-16/h1-10,17-18H,11-12H2. The molecule has 0 aliphatic rings. The number of nitriles is 2. The highest BCUT2D eigenvalue weighted by atomic mass is 16.1. The van der Waals surface area contributed by atoms with Gasteiger partial charge in [0.25, 0.3) is 0 Å². The molecule has 108 valence electrons. The lowest BCUT2D eigenvalue weighted by atomic mass is 9.89. The summed E-state index contributed by atoms with van der Waals surface area (Å²) in [5.41, 5.74) is 1.68. The van der Waals surface area contributed by atoms with Gasteiger partial charge in [0.15, 0.2) is 0 Å². The zero-order chi connectivity index (χ0) is 15.8. The van der Waals surface area contributed by atoms with Crippen LogP contribution < -0.4 is 0 Å². The Balaban J connectivity index is 2.03. The first-order chi connectivity index (χ1) is 10.7. The van der Waals surface area contributed by atoms with E-state index in [1.165, 1.54) is 0 Å². The first kappa shape index (κ1) is 15.5. The molecule has 0 N–H and O–H groups in total. The van der Waals surface area contributed by atoms with E-state index in [1.54, 1.807) is 0 Å². The monoisotopic (exact) mass is 288 g/mol. The number of hydrogen-bond donors (Lipinski definition) is 0. The summed E-state index contributed by atoms with van der Waals surface area (Å²) < 4.78 is 0. The first-order valence-electron chi connectivity index (χ1n) is 7.15. The van der Waals surface area contributed by atoms with E-state index in [-0.39, 0.29) is 18.6 Å². The molecule has 0 aliphatic carbocycles. The molecular weight excluding hydrogens is 272 g/mol. The second-order valence-corrected chi connectivity index (χ2v) is 5.13. The van der Waals surface area contributed by atoms with E-state index >= 15 is 0 Å². The van der Waals surface area contributed by atoms with Crippen LogP contribution in [0.5, 0.6) is 0 Å². The predicted octanol–water partition coefficient (Wildman–Crippen LogP) is 3.95. The zero-order valence-electron chi connectivity index (χ0n) is 12.1. The van der Waals surface area contributed by atoms with Crippen molar-refractivity contribution in [3.05, 3.63) is 71.8 Å². The number of carbonyl (C=O) groups excluding carboxylic acids is 1. The molecule has 0 aromatic heterocycles. The van der Waals surface area contributed by atoms with Crippen LogP contribution in [-0.4, -0.2) is 5.78 Å². The smallest absolute Gasteiger partial charge is 0.136 e. The number of hydrogen-bond acceptors (Lipinski definition) is 3. The van der Waals surface area contributed by atoms with Gasteiger partial charge < -0.3 is 0 Å². The lowest BCUT2D eigenvalue weighted by Gasteiger charge is -2.11. The van der Waals surface area contributed by atoms with Gasteiger partial charge in [0.2, 0.25) is 0 Å². The molecular formula is C19H16N2O. The summed E-state index contributed by atoms with van der Waals surface area (Å²) in [7, 11) is 0. The summed E-state index contributed by atoms with van der Waals surface area (Å²) in [5, 5.41) is 18.5. The highest BCUT2D eigenvalue weighted by Crippen LogP contribution is 2.24. The molecule has 3 heteroatoms. The van der Waals surface area contributed by atoms with E-state index in [1.807, 2.05) is 60.7 Å². The average Bonchev–Trinajstić information content (AvgIpc) is 2.59. The molecule has 2 aromatic carbocycles. The van der Waals surface area contributed by atoms with Crippen molar-refractivity contribution in [3.63, 3.8) is 0 Å². The third-order valence-corrected chi connectivity index (χ3v) is 3.58. The minimum atomic E-state index is -0.455. The van der Waals surface area contributed by atoms with Gasteiger partial charge in [0.1, 0.15) is 5.78 Å². The van der Waals surface area contributed by atoms with E-state index < -0.39 is 11.8 Å². The molecule has 0 spiro atoms. The maximum absolute atomic E-state index is 12.2. The molecule has 2 atom stereocenters. The van der Waals surface area contributed by atoms with Gasteiger partial charge in [-0.25, -0.2) is 0 Å². The van der Waals surface area contributed by atoms with Gasteiger partial charge in [-0.1, -0.05) is 60.7 Å². The Hall–Kier alpha value is -2.91. The second kappa shape index (κ2) is 7.76. The molecule has 0 heterocycles. The summed E-state index contributed by atoms with van der Waals surface area (Å²) in [6, 6.07) is 22.9. The van der Waals surface area contributed by atoms with Crippen molar-refractivity contribution in [1.29, 1.82) is 10.5 Å². The highest BCUT2D eigenvalue weighted by molar-refractivity contribution is 5.81. The molecule has 0 saturated carbocycles. The Morgan fingerprint density at radius 2 is 1.14 bits per heavy atom. The molecule has 0 aliphatic heterocycles. The first-order valence-corrected chi connectivity index (χ1v) is 7.15. The van der Waals surface area contributed by atoms with E-state index in [0.29, 0.717) is 0 Å². The lowest BCUT2D eigenvalue weighted by Crippen LogP contribution is -2.10. The van der Waals surface area contributed by atoms with Gasteiger partial charge in [-0.15, -0.1) is 0 Å². The van der Waals surface area contributed by atoms with E-state index in [0.717, 1.165) is 11.1 Å². The average molecular weight is 288 g/mol. The summed E-state index contributed by atoms with van der Waals surface area (Å²) in [6.45, 7) is 0. The predicted molar refractivity (Wildman–Crippen MR) is 83.8 cm³/mol. The largest absolute Gasteiger partial charge is 0.300 e. The van der Waals surface area contributed by atoms with E-state index in [4.69, 9.17) is 0 Å². The van der Waals surface area contributed by atoms with E-state index in [9.17, 15) is 15.3 Å². The van der Waals surface area contributed by atoms with Crippen LogP contribution in [0.2, 0.25) is 0 Å². The molecule has 22 heavy (non-hydrogen) atoms. The molecule has 2 rings (SSSR count). The molecule has 0 bridgehead atoms. The van der Waals surface area contributed by atoms with Gasteiger partial charge in [-0.3, -0.25) is 4.79 Å². The number of ketones is 1. The van der Waals surface area contributed by atoms with Crippen LogP contribution in [-0.2, 0) is 4.79 Å². The van der Waals surface area contributed by atoms with Crippen molar-refractivity contribution in [3.8, 4) is 12.1 Å². The highest BCUT2D eigenvalue weighted by Gasteiger charge is 2.20. The Morgan fingerprint density at radius 3 is 1.45 bits per heavy atom. The van der Waals surface area contributed by atoms with Crippen molar-refractivity contribution < 1.29 is 4.79 Å². The minimum absolute atomic E-state index is 0.0641. The number of carbonyl (C=O) groups is 1. The maximum Gasteiger partial charge on any atom is 0.136 e. The molecule has 3 nitrogen and oxygen atoms in total. The Morgan fingerprint density at radius 1 is 0.773 bits per heavy atom. The summed E-state index contributed by atoms with van der Waals surface area (Å²) >= 11 is 0. The van der Waals surface area contributed by atoms with Crippen LogP contribution in [0.3, 0.4) is 0 Å². The summed E-state index contributed by atoms with van der Waals surface area (Å²) in [4.78, 5) is 12.2. The van der Waals surface area contributed by atoms with Crippen LogP contribution >= 0.6 is 0 Å². The van der Waals surface area contributed by atoms with Crippen molar-refractivity contribution >= 4 is 5.78 Å². The Bertz CT molecular complexity index is 634. The number of nitrogens with zero attached hydrogens (tertiary/aromatic N) is 2. The van der Waals surface area contributed by atoms with Crippen LogP contribution in [0, 0.1) is 22.7 Å². The fourth-order valence-electron chi connectivity index (χ4n) is 2.39. The number of rotatable bonds is 6. The Labute approximate surface area is 130 Å². The third-order valence-electron chi connectivity index (χ3n) is 3.58.